The number of hydrogen-bond donors (Lipinski definition) is 1. The lowest BCUT2D eigenvalue weighted by Crippen LogP contribution is -2.31. The molecule has 0 aliphatic heterocycles. The summed E-state index contributed by atoms with van der Waals surface area (Å²) in [6.07, 6.45) is 4.00. The molecule has 0 saturated heterocycles. The van der Waals surface area contributed by atoms with E-state index in [-0.39, 0.29) is 17.7 Å². The molecule has 0 radical (unpaired) electrons. The van der Waals surface area contributed by atoms with E-state index in [1.54, 1.807) is 0 Å². The average molecular weight is 231 g/mol. The van der Waals surface area contributed by atoms with Crippen molar-refractivity contribution >= 4 is 5.78 Å². The Bertz CT molecular complexity index is 405. The molecular weight excluding hydrogens is 210 g/mol. The molecule has 17 heavy (non-hydrogen) atoms. The number of hydrogen-bond acceptors (Lipinski definition) is 2. The highest BCUT2D eigenvalue weighted by molar-refractivity contribution is 5.98. The van der Waals surface area contributed by atoms with Crippen LogP contribution in [0.4, 0.5) is 0 Å². The van der Waals surface area contributed by atoms with E-state index in [4.69, 9.17) is 5.73 Å². The van der Waals surface area contributed by atoms with E-state index in [1.807, 2.05) is 26.0 Å². The van der Waals surface area contributed by atoms with E-state index in [0.717, 1.165) is 42.4 Å². The largest absolute Gasteiger partial charge is 0.328 e. The van der Waals surface area contributed by atoms with E-state index >= 15 is 0 Å². The van der Waals surface area contributed by atoms with Gasteiger partial charge in [0.05, 0.1) is 0 Å². The summed E-state index contributed by atoms with van der Waals surface area (Å²) < 4.78 is 0. The van der Waals surface area contributed by atoms with Gasteiger partial charge in [0.25, 0.3) is 0 Å². The van der Waals surface area contributed by atoms with Crippen LogP contribution in [-0.4, -0.2) is 11.8 Å². The van der Waals surface area contributed by atoms with Gasteiger partial charge in [-0.1, -0.05) is 23.6 Å². The summed E-state index contributed by atoms with van der Waals surface area (Å²) in [6.45, 7) is 4.08. The Kier molecular flexibility index (Phi) is 3.63. The molecule has 0 bridgehead atoms. The number of carbonyl (C=O) groups excluding carboxylic acids is 1. The highest BCUT2D eigenvalue weighted by Gasteiger charge is 2.26. The van der Waals surface area contributed by atoms with Crippen molar-refractivity contribution in [3.63, 3.8) is 0 Å². The van der Waals surface area contributed by atoms with E-state index < -0.39 is 0 Å². The first kappa shape index (κ1) is 12.3. The maximum Gasteiger partial charge on any atom is 0.166 e. The summed E-state index contributed by atoms with van der Waals surface area (Å²) in [6, 6.07) is 6.30. The Balaban J connectivity index is 2.18. The van der Waals surface area contributed by atoms with Crippen LogP contribution >= 0.6 is 0 Å². The van der Waals surface area contributed by atoms with Crippen LogP contribution in [0.1, 0.15) is 47.2 Å². The minimum atomic E-state index is 0.139. The topological polar surface area (TPSA) is 43.1 Å². The molecule has 2 atom stereocenters. The summed E-state index contributed by atoms with van der Waals surface area (Å²) in [7, 11) is 0. The zero-order chi connectivity index (χ0) is 12.4. The van der Waals surface area contributed by atoms with E-state index in [0.29, 0.717) is 0 Å². The van der Waals surface area contributed by atoms with E-state index in [9.17, 15) is 4.79 Å². The first-order chi connectivity index (χ1) is 8.06. The van der Waals surface area contributed by atoms with Crippen LogP contribution in [0.15, 0.2) is 18.2 Å². The number of ketones is 1. The van der Waals surface area contributed by atoms with E-state index in [1.165, 1.54) is 0 Å². The Morgan fingerprint density at radius 3 is 2.41 bits per heavy atom. The van der Waals surface area contributed by atoms with Crippen molar-refractivity contribution in [1.29, 1.82) is 0 Å². The smallest absolute Gasteiger partial charge is 0.166 e. The highest BCUT2D eigenvalue weighted by atomic mass is 16.1. The van der Waals surface area contributed by atoms with Crippen molar-refractivity contribution in [2.24, 2.45) is 11.7 Å². The zero-order valence-corrected chi connectivity index (χ0v) is 10.7. The second-order valence-electron chi connectivity index (χ2n) is 5.36. The molecule has 2 N–H and O–H groups in total. The summed E-state index contributed by atoms with van der Waals surface area (Å²) in [5.74, 6) is 0.423. The van der Waals surface area contributed by atoms with Gasteiger partial charge in [-0.15, -0.1) is 0 Å². The molecule has 2 heteroatoms. The monoisotopic (exact) mass is 231 g/mol. The third-order valence-corrected chi connectivity index (χ3v) is 3.59. The van der Waals surface area contributed by atoms with Crippen LogP contribution in [0.25, 0.3) is 0 Å². The number of carbonyl (C=O) groups is 1. The number of aryl methyl sites for hydroxylation is 2. The number of nitrogens with two attached hydrogens (primary N) is 1. The summed E-state index contributed by atoms with van der Waals surface area (Å²) >= 11 is 0. The second-order valence-corrected chi connectivity index (χ2v) is 5.36. The van der Waals surface area contributed by atoms with E-state index in [2.05, 4.69) is 6.07 Å². The zero-order valence-electron chi connectivity index (χ0n) is 10.7. The molecular formula is C15H21NO. The summed E-state index contributed by atoms with van der Waals surface area (Å²) in [5.41, 5.74) is 9.13. The van der Waals surface area contributed by atoms with Gasteiger partial charge < -0.3 is 5.73 Å². The maximum atomic E-state index is 12.4. The fraction of sp³-hybridized carbons (Fsp3) is 0.533. The third-order valence-electron chi connectivity index (χ3n) is 3.59. The van der Waals surface area contributed by atoms with Gasteiger partial charge in [-0.05, 0) is 45.2 Å². The van der Waals surface area contributed by atoms with Gasteiger partial charge in [0.15, 0.2) is 5.78 Å². The molecule has 0 aromatic heterocycles. The number of Topliss-reactive ketones (excluding diaryl/α,β-unsaturated/α-hetero) is 1. The van der Waals surface area contributed by atoms with Gasteiger partial charge in [-0.25, -0.2) is 0 Å². The quantitative estimate of drug-likeness (QED) is 0.795. The predicted octanol–water partition coefficient (Wildman–Crippen LogP) is 3.00. The van der Waals surface area contributed by atoms with Crippen molar-refractivity contribution in [1.82, 2.24) is 0 Å². The minimum Gasteiger partial charge on any atom is -0.328 e. The van der Waals surface area contributed by atoms with Gasteiger partial charge in [-0.3, -0.25) is 4.79 Å². The number of benzene rings is 1. The first-order valence-electron chi connectivity index (χ1n) is 6.44. The fourth-order valence-electron chi connectivity index (χ4n) is 2.82. The van der Waals surface area contributed by atoms with Crippen LogP contribution in [0.5, 0.6) is 0 Å². The second kappa shape index (κ2) is 5.01. The van der Waals surface area contributed by atoms with Crippen molar-refractivity contribution in [2.75, 3.05) is 0 Å². The molecule has 1 aromatic carbocycles. The number of rotatable bonds is 2. The molecule has 1 aliphatic rings. The third kappa shape index (κ3) is 2.95. The lowest BCUT2D eigenvalue weighted by atomic mass is 9.81. The van der Waals surface area contributed by atoms with Gasteiger partial charge in [0, 0.05) is 17.5 Å². The van der Waals surface area contributed by atoms with Gasteiger partial charge in [-0.2, -0.15) is 0 Å². The molecule has 2 nitrogen and oxygen atoms in total. The average Bonchev–Trinajstić information content (AvgIpc) is 2.26. The van der Waals surface area contributed by atoms with Crippen LogP contribution in [0.2, 0.25) is 0 Å². The van der Waals surface area contributed by atoms with Gasteiger partial charge in [0.2, 0.25) is 0 Å². The van der Waals surface area contributed by atoms with Crippen molar-refractivity contribution < 1.29 is 4.79 Å². The van der Waals surface area contributed by atoms with Crippen LogP contribution < -0.4 is 5.73 Å². The first-order valence-corrected chi connectivity index (χ1v) is 6.44. The van der Waals surface area contributed by atoms with Gasteiger partial charge >= 0.3 is 0 Å². The van der Waals surface area contributed by atoms with Crippen LogP contribution in [0, 0.1) is 19.8 Å². The highest BCUT2D eigenvalue weighted by Crippen LogP contribution is 2.27. The summed E-state index contributed by atoms with van der Waals surface area (Å²) in [4.78, 5) is 12.4. The standard InChI is InChI=1S/C15H21NO/c1-10-6-11(2)8-13(7-10)15(17)12-4-3-5-14(16)9-12/h6-8,12,14H,3-5,9,16H2,1-2H3. The Morgan fingerprint density at radius 1 is 1.18 bits per heavy atom. The maximum absolute atomic E-state index is 12.4. The molecule has 0 heterocycles. The fourth-order valence-corrected chi connectivity index (χ4v) is 2.82. The van der Waals surface area contributed by atoms with Crippen molar-refractivity contribution in [3.05, 3.63) is 34.9 Å². The Labute approximate surface area is 103 Å². The molecule has 0 amide bonds. The lowest BCUT2D eigenvalue weighted by molar-refractivity contribution is 0.0881. The predicted molar refractivity (Wildman–Crippen MR) is 70.2 cm³/mol. The molecule has 2 unspecified atom stereocenters. The molecule has 2 rings (SSSR count). The van der Waals surface area contributed by atoms with Crippen molar-refractivity contribution in [2.45, 2.75) is 45.6 Å². The minimum absolute atomic E-state index is 0.139. The summed E-state index contributed by atoms with van der Waals surface area (Å²) in [5, 5.41) is 0. The molecule has 92 valence electrons. The Morgan fingerprint density at radius 2 is 1.82 bits per heavy atom. The normalized spacial score (nSPS) is 24.6. The van der Waals surface area contributed by atoms with Crippen LogP contribution in [-0.2, 0) is 0 Å². The molecule has 1 fully saturated rings. The molecule has 0 spiro atoms. The Hall–Kier alpha value is -1.15. The molecule has 1 aliphatic carbocycles. The lowest BCUT2D eigenvalue weighted by Gasteiger charge is -2.25. The SMILES string of the molecule is Cc1cc(C)cc(C(=O)C2CCCC(N)C2)c1. The molecule has 1 aromatic rings. The molecule has 1 saturated carbocycles. The van der Waals surface area contributed by atoms with Crippen LogP contribution in [0.3, 0.4) is 0 Å². The van der Waals surface area contributed by atoms with Crippen molar-refractivity contribution in [3.8, 4) is 0 Å². The van der Waals surface area contributed by atoms with Gasteiger partial charge in [0.1, 0.15) is 0 Å².